The second-order valence-corrected chi connectivity index (χ2v) is 4.59. The Morgan fingerprint density at radius 2 is 2.16 bits per heavy atom. The number of rotatable bonds is 5. The predicted molar refractivity (Wildman–Crippen MR) is 75.7 cm³/mol. The van der Waals surface area contributed by atoms with E-state index in [2.05, 4.69) is 6.58 Å². The molecule has 19 heavy (non-hydrogen) atoms. The molecule has 0 radical (unpaired) electrons. The first kappa shape index (κ1) is 15.2. The van der Waals surface area contributed by atoms with Crippen LogP contribution in [0, 0.1) is 13.8 Å². The molecular formula is C15H21NO3. The van der Waals surface area contributed by atoms with Gasteiger partial charge in [-0.25, -0.2) is 4.79 Å². The molecule has 104 valence electrons. The highest BCUT2D eigenvalue weighted by molar-refractivity contribution is 5.92. The number of carbonyl (C=O) groups is 1. The maximum Gasteiger partial charge on any atom is 0.340 e. The lowest BCUT2D eigenvalue weighted by molar-refractivity contribution is 0.0523. The molecule has 0 fully saturated rings. The minimum Gasteiger partial charge on any atom is -0.462 e. The van der Waals surface area contributed by atoms with E-state index in [9.17, 15) is 9.59 Å². The van der Waals surface area contributed by atoms with Crippen molar-refractivity contribution >= 4 is 5.97 Å². The Morgan fingerprint density at radius 3 is 2.68 bits per heavy atom. The molecular weight excluding hydrogens is 242 g/mol. The summed E-state index contributed by atoms with van der Waals surface area (Å²) < 4.78 is 6.68. The van der Waals surface area contributed by atoms with Crippen molar-refractivity contribution in [2.45, 2.75) is 40.2 Å². The molecule has 1 aromatic heterocycles. The lowest BCUT2D eigenvalue weighted by atomic mass is 10.1. The van der Waals surface area contributed by atoms with Crippen LogP contribution < -0.4 is 5.56 Å². The van der Waals surface area contributed by atoms with Crippen molar-refractivity contribution in [2.24, 2.45) is 0 Å². The summed E-state index contributed by atoms with van der Waals surface area (Å²) in [5, 5.41) is 0. The quantitative estimate of drug-likeness (QED) is 0.606. The number of aromatic nitrogens is 1. The van der Waals surface area contributed by atoms with Gasteiger partial charge in [-0.15, -0.1) is 6.58 Å². The molecule has 0 aliphatic rings. The summed E-state index contributed by atoms with van der Waals surface area (Å²) in [6.07, 6.45) is 2.44. The molecule has 0 N–H and O–H groups in total. The molecule has 0 aromatic carbocycles. The largest absolute Gasteiger partial charge is 0.462 e. The van der Waals surface area contributed by atoms with E-state index in [0.29, 0.717) is 29.8 Å². The van der Waals surface area contributed by atoms with E-state index in [1.54, 1.807) is 31.4 Å². The van der Waals surface area contributed by atoms with Crippen LogP contribution in [0.1, 0.15) is 47.9 Å². The zero-order valence-electron chi connectivity index (χ0n) is 12.0. The van der Waals surface area contributed by atoms with Crippen LogP contribution in [0.15, 0.2) is 23.5 Å². The Hall–Kier alpha value is -1.84. The molecule has 0 amide bonds. The Kier molecular flexibility index (Phi) is 5.10. The Bertz CT molecular complexity index is 543. The lowest BCUT2D eigenvalue weighted by Crippen LogP contribution is -2.28. The highest BCUT2D eigenvalue weighted by Crippen LogP contribution is 2.18. The molecule has 1 rings (SSSR count). The van der Waals surface area contributed by atoms with Crippen LogP contribution in [-0.2, 0) is 4.74 Å². The minimum atomic E-state index is -0.378. The molecule has 1 aromatic rings. The van der Waals surface area contributed by atoms with Gasteiger partial charge >= 0.3 is 5.97 Å². The number of pyridine rings is 1. The normalized spacial score (nSPS) is 12.0. The van der Waals surface area contributed by atoms with Crippen molar-refractivity contribution in [3.8, 4) is 0 Å². The zero-order chi connectivity index (χ0) is 14.6. The number of allylic oxidation sites excluding steroid dienone is 1. The van der Waals surface area contributed by atoms with E-state index in [1.165, 1.54) is 6.07 Å². The summed E-state index contributed by atoms with van der Waals surface area (Å²) in [6.45, 7) is 11.2. The summed E-state index contributed by atoms with van der Waals surface area (Å²) in [4.78, 5) is 24.1. The van der Waals surface area contributed by atoms with Crippen molar-refractivity contribution in [1.82, 2.24) is 4.57 Å². The topological polar surface area (TPSA) is 48.3 Å². The summed E-state index contributed by atoms with van der Waals surface area (Å²) in [5.41, 5.74) is 1.69. The third-order valence-corrected chi connectivity index (χ3v) is 3.12. The van der Waals surface area contributed by atoms with Gasteiger partial charge in [-0.05, 0) is 39.7 Å². The molecule has 0 saturated heterocycles. The average Bonchev–Trinajstić information content (AvgIpc) is 2.28. The third kappa shape index (κ3) is 3.13. The van der Waals surface area contributed by atoms with Crippen molar-refractivity contribution < 1.29 is 9.53 Å². The molecule has 0 aliphatic heterocycles. The SMILES string of the molecule is C=CCC(C)n1c(C)c(C(=O)OCC)c(C)cc1=O. The van der Waals surface area contributed by atoms with Gasteiger partial charge in [-0.3, -0.25) is 4.79 Å². The van der Waals surface area contributed by atoms with E-state index >= 15 is 0 Å². The molecule has 1 heterocycles. The van der Waals surface area contributed by atoms with Gasteiger partial charge in [0, 0.05) is 17.8 Å². The number of aryl methyl sites for hydroxylation is 1. The number of hydrogen-bond donors (Lipinski definition) is 0. The van der Waals surface area contributed by atoms with Gasteiger partial charge in [0.1, 0.15) is 0 Å². The zero-order valence-corrected chi connectivity index (χ0v) is 12.0. The van der Waals surface area contributed by atoms with Gasteiger partial charge in [0.15, 0.2) is 0 Å². The van der Waals surface area contributed by atoms with Crippen LogP contribution in [0.4, 0.5) is 0 Å². The van der Waals surface area contributed by atoms with Crippen molar-refractivity contribution in [2.75, 3.05) is 6.61 Å². The molecule has 0 spiro atoms. The van der Waals surface area contributed by atoms with Crippen molar-refractivity contribution in [3.63, 3.8) is 0 Å². The Labute approximate surface area is 113 Å². The lowest BCUT2D eigenvalue weighted by Gasteiger charge is -2.20. The number of ether oxygens (including phenoxy) is 1. The first-order valence-corrected chi connectivity index (χ1v) is 6.44. The summed E-state index contributed by atoms with van der Waals surface area (Å²) in [6, 6.07) is 1.46. The Morgan fingerprint density at radius 1 is 1.53 bits per heavy atom. The number of hydrogen-bond acceptors (Lipinski definition) is 3. The first-order valence-electron chi connectivity index (χ1n) is 6.44. The van der Waals surface area contributed by atoms with Crippen molar-refractivity contribution in [1.29, 1.82) is 0 Å². The fraction of sp³-hybridized carbons (Fsp3) is 0.467. The number of carbonyl (C=O) groups excluding carboxylic acids is 1. The third-order valence-electron chi connectivity index (χ3n) is 3.12. The van der Waals surface area contributed by atoms with E-state index in [-0.39, 0.29) is 17.6 Å². The molecule has 1 atom stereocenters. The molecule has 4 heteroatoms. The smallest absolute Gasteiger partial charge is 0.340 e. The van der Waals surface area contributed by atoms with Crippen LogP contribution in [-0.4, -0.2) is 17.1 Å². The minimum absolute atomic E-state index is 0.0289. The highest BCUT2D eigenvalue weighted by atomic mass is 16.5. The summed E-state index contributed by atoms with van der Waals surface area (Å²) in [7, 11) is 0. The summed E-state index contributed by atoms with van der Waals surface area (Å²) in [5.74, 6) is -0.378. The second-order valence-electron chi connectivity index (χ2n) is 4.59. The predicted octanol–water partition coefficient (Wildman–Crippen LogP) is 2.78. The van der Waals surface area contributed by atoms with Gasteiger partial charge in [0.25, 0.3) is 5.56 Å². The highest BCUT2D eigenvalue weighted by Gasteiger charge is 2.19. The van der Waals surface area contributed by atoms with Gasteiger partial charge in [-0.2, -0.15) is 0 Å². The number of esters is 1. The van der Waals surface area contributed by atoms with E-state index in [4.69, 9.17) is 4.74 Å². The average molecular weight is 263 g/mol. The van der Waals surface area contributed by atoms with Gasteiger partial charge in [-0.1, -0.05) is 6.08 Å². The molecule has 0 saturated carbocycles. The first-order chi connectivity index (χ1) is 8.93. The molecule has 0 aliphatic carbocycles. The van der Waals surface area contributed by atoms with Crippen LogP contribution >= 0.6 is 0 Å². The van der Waals surface area contributed by atoms with Crippen LogP contribution in [0.2, 0.25) is 0 Å². The monoisotopic (exact) mass is 263 g/mol. The maximum absolute atomic E-state index is 12.1. The standard InChI is InChI=1S/C15H21NO3/c1-6-8-11(4)16-12(5)14(15(18)19-7-2)10(3)9-13(16)17/h6,9,11H,1,7-8H2,2-5H3. The van der Waals surface area contributed by atoms with E-state index in [0.717, 1.165) is 0 Å². The van der Waals surface area contributed by atoms with Crippen molar-refractivity contribution in [3.05, 3.63) is 45.9 Å². The van der Waals surface area contributed by atoms with Crippen LogP contribution in [0.25, 0.3) is 0 Å². The van der Waals surface area contributed by atoms with Gasteiger partial charge < -0.3 is 9.30 Å². The van der Waals surface area contributed by atoms with Crippen LogP contribution in [0.3, 0.4) is 0 Å². The second kappa shape index (κ2) is 6.36. The summed E-state index contributed by atoms with van der Waals surface area (Å²) >= 11 is 0. The maximum atomic E-state index is 12.1. The fourth-order valence-corrected chi connectivity index (χ4v) is 2.30. The van der Waals surface area contributed by atoms with Crippen LogP contribution in [0.5, 0.6) is 0 Å². The fourth-order valence-electron chi connectivity index (χ4n) is 2.30. The Balaban J connectivity index is 3.42. The molecule has 1 unspecified atom stereocenters. The van der Waals surface area contributed by atoms with Gasteiger partial charge in [0.05, 0.1) is 12.2 Å². The van der Waals surface area contributed by atoms with E-state index in [1.807, 2.05) is 6.92 Å². The van der Waals surface area contributed by atoms with Gasteiger partial charge in [0.2, 0.25) is 0 Å². The number of nitrogens with zero attached hydrogens (tertiary/aromatic N) is 1. The molecule has 4 nitrogen and oxygen atoms in total. The van der Waals surface area contributed by atoms with E-state index < -0.39 is 0 Å². The molecule has 0 bridgehead atoms.